The summed E-state index contributed by atoms with van der Waals surface area (Å²) in [5.74, 6) is 0.0520. The predicted molar refractivity (Wildman–Crippen MR) is 127 cm³/mol. The normalized spacial score (nSPS) is 12.0. The zero-order valence-corrected chi connectivity index (χ0v) is 19.5. The number of ether oxygens (including phenoxy) is 2. The molecule has 0 spiro atoms. The molecule has 0 bridgehead atoms. The fourth-order valence-electron chi connectivity index (χ4n) is 3.13. The van der Waals surface area contributed by atoms with Gasteiger partial charge >= 0.3 is 11.9 Å². The number of hydrogen-bond donors (Lipinski definition) is 0. The van der Waals surface area contributed by atoms with E-state index in [1.807, 2.05) is 31.2 Å². The molecule has 1 aromatic carbocycles. The van der Waals surface area contributed by atoms with Gasteiger partial charge in [-0.3, -0.25) is 14.6 Å². The molecule has 0 aliphatic carbocycles. The van der Waals surface area contributed by atoms with Gasteiger partial charge in [0, 0.05) is 18.4 Å². The highest BCUT2D eigenvalue weighted by atomic mass is 16.5. The number of pyridine rings is 1. The van der Waals surface area contributed by atoms with E-state index in [1.54, 1.807) is 19.2 Å². The summed E-state index contributed by atoms with van der Waals surface area (Å²) in [7, 11) is 0. The van der Waals surface area contributed by atoms with E-state index in [-0.39, 0.29) is 18.0 Å². The average Bonchev–Trinajstić information content (AvgIpc) is 2.81. The number of benzene rings is 1. The minimum absolute atomic E-state index is 0.0869. The lowest BCUT2D eigenvalue weighted by atomic mass is 10.0. The van der Waals surface area contributed by atoms with Gasteiger partial charge in [0.2, 0.25) is 0 Å². The monoisotopic (exact) mass is 437 g/mol. The van der Waals surface area contributed by atoms with E-state index in [1.165, 1.54) is 18.4 Å². The van der Waals surface area contributed by atoms with Crippen LogP contribution >= 0.6 is 0 Å². The maximum Gasteiger partial charge on any atom is 0.311 e. The second kappa shape index (κ2) is 14.2. The first-order valence-electron chi connectivity index (χ1n) is 11.6. The van der Waals surface area contributed by atoms with Crippen molar-refractivity contribution < 1.29 is 19.1 Å². The number of aromatic nitrogens is 1. The highest BCUT2D eigenvalue weighted by molar-refractivity contribution is 5.72. The topological polar surface area (TPSA) is 65.5 Å². The molecule has 2 aromatic rings. The third-order valence-corrected chi connectivity index (χ3v) is 5.08. The van der Waals surface area contributed by atoms with Crippen molar-refractivity contribution in [3.05, 3.63) is 60.3 Å². The minimum atomic E-state index is -0.247. The van der Waals surface area contributed by atoms with Gasteiger partial charge in [0.15, 0.2) is 0 Å². The summed E-state index contributed by atoms with van der Waals surface area (Å²) in [4.78, 5) is 27.7. The second-order valence-electron chi connectivity index (χ2n) is 7.90. The molecule has 1 heterocycles. The van der Waals surface area contributed by atoms with Gasteiger partial charge in [-0.25, -0.2) is 0 Å². The molecule has 1 unspecified atom stereocenters. The number of rotatable bonds is 13. The van der Waals surface area contributed by atoms with Gasteiger partial charge in [-0.1, -0.05) is 63.1 Å². The molecule has 0 aliphatic heterocycles. The lowest BCUT2D eigenvalue weighted by molar-refractivity contribution is -0.148. The van der Waals surface area contributed by atoms with E-state index in [4.69, 9.17) is 9.47 Å². The molecule has 5 nitrogen and oxygen atoms in total. The molecule has 32 heavy (non-hydrogen) atoms. The first kappa shape index (κ1) is 25.3. The Hall–Kier alpha value is -2.95. The van der Waals surface area contributed by atoms with Crippen molar-refractivity contribution in [2.75, 3.05) is 0 Å². The summed E-state index contributed by atoms with van der Waals surface area (Å²) in [6.45, 7) is 5.88. The number of aryl methyl sites for hydroxylation is 1. The number of esters is 2. The summed E-state index contributed by atoms with van der Waals surface area (Å²) in [5, 5.41) is 0. The Labute approximate surface area is 191 Å². The van der Waals surface area contributed by atoms with Crippen LogP contribution in [-0.2, 0) is 20.7 Å². The maximum absolute atomic E-state index is 12.0. The number of carbonyl (C=O) groups excluding carboxylic acids is 2. The Morgan fingerprint density at radius 3 is 2.41 bits per heavy atom. The SMILES string of the molecule is CCCCC=CCCC(=O)Oc1ccc(-c2ccc(CCC(C)OC(=O)CC)cc2)nc1. The van der Waals surface area contributed by atoms with Crippen LogP contribution in [0.4, 0.5) is 0 Å². The van der Waals surface area contributed by atoms with Crippen LogP contribution in [0.5, 0.6) is 5.75 Å². The minimum Gasteiger partial charge on any atom is -0.463 e. The lowest BCUT2D eigenvalue weighted by Crippen LogP contribution is -2.14. The van der Waals surface area contributed by atoms with Crippen LogP contribution in [0.1, 0.15) is 71.3 Å². The van der Waals surface area contributed by atoms with Gasteiger partial charge in [-0.2, -0.15) is 0 Å². The summed E-state index contributed by atoms with van der Waals surface area (Å²) >= 11 is 0. The lowest BCUT2D eigenvalue weighted by Gasteiger charge is -2.12. The largest absolute Gasteiger partial charge is 0.463 e. The molecule has 1 atom stereocenters. The third-order valence-electron chi connectivity index (χ3n) is 5.08. The first-order chi connectivity index (χ1) is 15.5. The first-order valence-corrected chi connectivity index (χ1v) is 11.6. The average molecular weight is 438 g/mol. The zero-order valence-electron chi connectivity index (χ0n) is 19.5. The molecule has 0 fully saturated rings. The van der Waals surface area contributed by atoms with Crippen molar-refractivity contribution in [3.63, 3.8) is 0 Å². The molecule has 1 aromatic heterocycles. The fraction of sp³-hybridized carbons (Fsp3) is 0.444. The molecule has 2 rings (SSSR count). The van der Waals surface area contributed by atoms with E-state index >= 15 is 0 Å². The predicted octanol–water partition coefficient (Wildman–Crippen LogP) is 6.45. The quantitative estimate of drug-likeness (QED) is 0.204. The van der Waals surface area contributed by atoms with Crippen molar-refractivity contribution in [2.24, 2.45) is 0 Å². The Morgan fingerprint density at radius 2 is 1.75 bits per heavy atom. The van der Waals surface area contributed by atoms with Crippen LogP contribution in [0.3, 0.4) is 0 Å². The van der Waals surface area contributed by atoms with Crippen LogP contribution in [-0.4, -0.2) is 23.0 Å². The molecule has 0 N–H and O–H groups in total. The Bertz CT molecular complexity index is 856. The van der Waals surface area contributed by atoms with E-state index in [2.05, 4.69) is 30.1 Å². The van der Waals surface area contributed by atoms with Crippen LogP contribution in [0, 0.1) is 0 Å². The number of unbranched alkanes of at least 4 members (excludes halogenated alkanes) is 2. The van der Waals surface area contributed by atoms with Crippen molar-refractivity contribution in [3.8, 4) is 17.0 Å². The van der Waals surface area contributed by atoms with Gasteiger partial charge in [-0.15, -0.1) is 0 Å². The maximum atomic E-state index is 12.0. The van der Waals surface area contributed by atoms with Crippen molar-refractivity contribution in [1.29, 1.82) is 0 Å². The van der Waals surface area contributed by atoms with Gasteiger partial charge in [0.05, 0.1) is 18.0 Å². The highest BCUT2D eigenvalue weighted by Gasteiger charge is 2.09. The van der Waals surface area contributed by atoms with Gasteiger partial charge < -0.3 is 9.47 Å². The molecule has 0 radical (unpaired) electrons. The summed E-state index contributed by atoms with van der Waals surface area (Å²) in [5.41, 5.74) is 3.00. The van der Waals surface area contributed by atoms with Crippen molar-refractivity contribution in [2.45, 2.75) is 78.2 Å². The summed E-state index contributed by atoms with van der Waals surface area (Å²) < 4.78 is 10.7. The third kappa shape index (κ3) is 9.46. The van der Waals surface area contributed by atoms with Gasteiger partial charge in [0.25, 0.3) is 0 Å². The van der Waals surface area contributed by atoms with Crippen LogP contribution in [0.15, 0.2) is 54.7 Å². The smallest absolute Gasteiger partial charge is 0.311 e. The van der Waals surface area contributed by atoms with Crippen molar-refractivity contribution in [1.82, 2.24) is 4.98 Å². The molecular weight excluding hydrogens is 402 g/mol. The molecule has 0 amide bonds. The molecule has 172 valence electrons. The number of allylic oxidation sites excluding steroid dienone is 2. The van der Waals surface area contributed by atoms with Crippen molar-refractivity contribution >= 4 is 11.9 Å². The molecule has 5 heteroatoms. The summed E-state index contributed by atoms with van der Waals surface area (Å²) in [6.07, 6.45) is 12.2. The molecule has 0 saturated heterocycles. The van der Waals surface area contributed by atoms with Gasteiger partial charge in [-0.05, 0) is 50.3 Å². The summed E-state index contributed by atoms with van der Waals surface area (Å²) in [6, 6.07) is 11.8. The van der Waals surface area contributed by atoms with Gasteiger partial charge in [0.1, 0.15) is 5.75 Å². The Balaban J connectivity index is 1.80. The molecule has 0 saturated carbocycles. The fourth-order valence-corrected chi connectivity index (χ4v) is 3.13. The Kier molecular flexibility index (Phi) is 11.2. The van der Waals surface area contributed by atoms with Crippen LogP contribution in [0.2, 0.25) is 0 Å². The zero-order chi connectivity index (χ0) is 23.2. The number of hydrogen-bond acceptors (Lipinski definition) is 5. The van der Waals surface area contributed by atoms with E-state index in [0.717, 1.165) is 30.5 Å². The Morgan fingerprint density at radius 1 is 1.00 bits per heavy atom. The number of carbonyl (C=O) groups is 2. The molecular formula is C27H35NO4. The second-order valence-corrected chi connectivity index (χ2v) is 7.90. The molecule has 0 aliphatic rings. The van der Waals surface area contributed by atoms with Crippen LogP contribution < -0.4 is 4.74 Å². The number of nitrogens with zero attached hydrogens (tertiary/aromatic N) is 1. The van der Waals surface area contributed by atoms with E-state index in [9.17, 15) is 9.59 Å². The highest BCUT2D eigenvalue weighted by Crippen LogP contribution is 2.21. The standard InChI is InChI=1S/C27H35NO4/c1-4-6-7-8-9-10-11-27(30)32-24-18-19-25(28-20-24)23-16-14-22(15-17-23)13-12-21(3)31-26(29)5-2/h8-9,14-21H,4-7,10-13H2,1-3H3. The van der Waals surface area contributed by atoms with E-state index < -0.39 is 0 Å². The van der Waals surface area contributed by atoms with E-state index in [0.29, 0.717) is 25.0 Å². The van der Waals surface area contributed by atoms with Crippen LogP contribution in [0.25, 0.3) is 11.3 Å².